The summed E-state index contributed by atoms with van der Waals surface area (Å²) >= 11 is 0. The topological polar surface area (TPSA) is 58.2 Å². The molecule has 4 nitrogen and oxygen atoms in total. The molecule has 2 aliphatic carbocycles. The average Bonchev–Trinajstić information content (AvgIpc) is 2.57. The zero-order chi connectivity index (χ0) is 17.7. The van der Waals surface area contributed by atoms with Crippen LogP contribution < -0.4 is 10.6 Å². The zero-order valence-corrected chi connectivity index (χ0v) is 15.9. The zero-order valence-electron chi connectivity index (χ0n) is 15.9. The van der Waals surface area contributed by atoms with Crippen LogP contribution in [0.15, 0.2) is 0 Å². The van der Waals surface area contributed by atoms with E-state index in [4.69, 9.17) is 0 Å². The Bertz CT molecular complexity index is 429. The van der Waals surface area contributed by atoms with E-state index in [0.717, 1.165) is 32.1 Å². The SMILES string of the molecule is CC(C)[C@H](NC(=O)C1CCCCC1)C(=O)N[C@@H]1CCC[C@H](C)[C@H]1C. The summed E-state index contributed by atoms with van der Waals surface area (Å²) in [5.74, 6) is 1.44. The van der Waals surface area contributed by atoms with Crippen molar-refractivity contribution in [2.24, 2.45) is 23.7 Å². The van der Waals surface area contributed by atoms with E-state index in [9.17, 15) is 9.59 Å². The van der Waals surface area contributed by atoms with E-state index in [1.165, 1.54) is 19.3 Å². The van der Waals surface area contributed by atoms with Gasteiger partial charge in [-0.3, -0.25) is 9.59 Å². The molecule has 2 N–H and O–H groups in total. The van der Waals surface area contributed by atoms with Gasteiger partial charge in [0.15, 0.2) is 0 Å². The van der Waals surface area contributed by atoms with Gasteiger partial charge in [-0.05, 0) is 37.0 Å². The molecule has 4 heteroatoms. The Hall–Kier alpha value is -1.06. The molecule has 0 unspecified atom stereocenters. The second-order valence-electron chi connectivity index (χ2n) is 8.45. The highest BCUT2D eigenvalue weighted by Gasteiger charge is 2.33. The lowest BCUT2D eigenvalue weighted by molar-refractivity contribution is -0.133. The smallest absolute Gasteiger partial charge is 0.243 e. The first kappa shape index (κ1) is 19.3. The van der Waals surface area contributed by atoms with Gasteiger partial charge in [0.2, 0.25) is 11.8 Å². The molecule has 0 aliphatic heterocycles. The molecular formula is C20H36N2O2. The lowest BCUT2D eigenvalue weighted by Crippen LogP contribution is -2.55. The molecule has 0 aromatic heterocycles. The van der Waals surface area contributed by atoms with Crippen LogP contribution in [0.5, 0.6) is 0 Å². The van der Waals surface area contributed by atoms with Crippen molar-refractivity contribution in [2.75, 3.05) is 0 Å². The summed E-state index contributed by atoms with van der Waals surface area (Å²) < 4.78 is 0. The van der Waals surface area contributed by atoms with Gasteiger partial charge in [0.1, 0.15) is 6.04 Å². The van der Waals surface area contributed by atoms with Crippen LogP contribution in [0.1, 0.15) is 79.1 Å². The van der Waals surface area contributed by atoms with Gasteiger partial charge in [0.05, 0.1) is 0 Å². The summed E-state index contributed by atoms with van der Waals surface area (Å²) in [6.45, 7) is 8.53. The second-order valence-corrected chi connectivity index (χ2v) is 8.45. The first-order valence-electron chi connectivity index (χ1n) is 10.0. The fourth-order valence-electron chi connectivity index (χ4n) is 4.23. The number of carbonyl (C=O) groups is 2. The Labute approximate surface area is 147 Å². The van der Waals surface area contributed by atoms with E-state index in [2.05, 4.69) is 24.5 Å². The van der Waals surface area contributed by atoms with Crippen molar-refractivity contribution in [1.82, 2.24) is 10.6 Å². The first-order valence-corrected chi connectivity index (χ1v) is 10.0. The molecule has 0 aromatic rings. The number of amides is 2. The van der Waals surface area contributed by atoms with Crippen molar-refractivity contribution in [3.63, 3.8) is 0 Å². The minimum absolute atomic E-state index is 0.000101. The van der Waals surface area contributed by atoms with E-state index in [0.29, 0.717) is 11.8 Å². The lowest BCUT2D eigenvalue weighted by atomic mass is 9.78. The van der Waals surface area contributed by atoms with Crippen LogP contribution in [0.2, 0.25) is 0 Å². The summed E-state index contributed by atoms with van der Waals surface area (Å²) in [5, 5.41) is 6.29. The summed E-state index contributed by atoms with van der Waals surface area (Å²) in [6, 6.07) is -0.169. The minimum Gasteiger partial charge on any atom is -0.351 e. The van der Waals surface area contributed by atoms with E-state index >= 15 is 0 Å². The summed E-state index contributed by atoms with van der Waals surface area (Å²) in [7, 11) is 0. The van der Waals surface area contributed by atoms with Gasteiger partial charge < -0.3 is 10.6 Å². The Kier molecular flexibility index (Phi) is 7.12. The van der Waals surface area contributed by atoms with Gasteiger partial charge >= 0.3 is 0 Å². The predicted molar refractivity (Wildman–Crippen MR) is 97.5 cm³/mol. The fraction of sp³-hybridized carbons (Fsp3) is 0.900. The van der Waals surface area contributed by atoms with Crippen molar-refractivity contribution in [3.8, 4) is 0 Å². The molecule has 0 aromatic carbocycles. The molecule has 2 aliphatic rings. The normalized spacial score (nSPS) is 30.0. The van der Waals surface area contributed by atoms with Crippen molar-refractivity contribution >= 4 is 11.8 Å². The van der Waals surface area contributed by atoms with Gasteiger partial charge in [-0.15, -0.1) is 0 Å². The monoisotopic (exact) mass is 336 g/mol. The van der Waals surface area contributed by atoms with Gasteiger partial charge in [0.25, 0.3) is 0 Å². The van der Waals surface area contributed by atoms with Crippen molar-refractivity contribution in [1.29, 1.82) is 0 Å². The number of hydrogen-bond donors (Lipinski definition) is 2. The molecule has 2 saturated carbocycles. The van der Waals surface area contributed by atoms with Crippen LogP contribution in [0.4, 0.5) is 0 Å². The molecule has 0 heterocycles. The van der Waals surface area contributed by atoms with Gasteiger partial charge in [0, 0.05) is 12.0 Å². The Balaban J connectivity index is 1.93. The third kappa shape index (κ3) is 4.97. The molecule has 2 amide bonds. The summed E-state index contributed by atoms with van der Waals surface area (Å²) in [5.41, 5.74) is 0. The quantitative estimate of drug-likeness (QED) is 0.805. The van der Waals surface area contributed by atoms with Crippen molar-refractivity contribution < 1.29 is 9.59 Å². The van der Waals surface area contributed by atoms with Gasteiger partial charge in [-0.1, -0.05) is 59.8 Å². The largest absolute Gasteiger partial charge is 0.351 e. The fourth-order valence-corrected chi connectivity index (χ4v) is 4.23. The standard InChI is InChI=1S/C20H36N2O2/c1-13(2)18(22-19(23)16-10-6-5-7-11-16)20(24)21-17-12-8-9-14(3)15(17)4/h13-18H,5-12H2,1-4H3,(H,21,24)(H,22,23)/t14-,15+,17+,18-/m0/s1. The Morgan fingerprint density at radius 1 is 0.917 bits per heavy atom. The average molecular weight is 337 g/mol. The number of nitrogens with one attached hydrogen (secondary N) is 2. The summed E-state index contributed by atoms with van der Waals surface area (Å²) in [6.07, 6.45) is 8.91. The van der Waals surface area contributed by atoms with Crippen LogP contribution in [0.3, 0.4) is 0 Å². The Morgan fingerprint density at radius 3 is 2.21 bits per heavy atom. The number of hydrogen-bond acceptors (Lipinski definition) is 2. The van der Waals surface area contributed by atoms with Crippen LogP contribution >= 0.6 is 0 Å². The second kappa shape index (κ2) is 8.87. The lowest BCUT2D eigenvalue weighted by Gasteiger charge is -2.36. The maximum Gasteiger partial charge on any atom is 0.243 e. The van der Waals surface area contributed by atoms with Crippen LogP contribution in [0.25, 0.3) is 0 Å². The van der Waals surface area contributed by atoms with E-state index in [-0.39, 0.29) is 29.7 Å². The Morgan fingerprint density at radius 2 is 1.58 bits per heavy atom. The molecule has 0 bridgehead atoms. The van der Waals surface area contributed by atoms with Gasteiger partial charge in [-0.2, -0.15) is 0 Å². The molecule has 138 valence electrons. The highest BCUT2D eigenvalue weighted by atomic mass is 16.2. The molecular weight excluding hydrogens is 300 g/mol. The molecule has 4 atom stereocenters. The molecule has 0 radical (unpaired) electrons. The maximum absolute atomic E-state index is 12.8. The third-order valence-electron chi connectivity index (χ3n) is 6.26. The highest BCUT2D eigenvalue weighted by molar-refractivity contribution is 5.88. The van der Waals surface area contributed by atoms with Gasteiger partial charge in [-0.25, -0.2) is 0 Å². The third-order valence-corrected chi connectivity index (χ3v) is 6.26. The predicted octanol–water partition coefficient (Wildman–Crippen LogP) is 3.65. The minimum atomic E-state index is -0.413. The van der Waals surface area contributed by atoms with E-state index in [1.807, 2.05) is 13.8 Å². The van der Waals surface area contributed by atoms with E-state index < -0.39 is 6.04 Å². The molecule has 2 rings (SSSR count). The number of carbonyl (C=O) groups excluding carboxylic acids is 2. The van der Waals surface area contributed by atoms with E-state index in [1.54, 1.807) is 0 Å². The molecule has 0 spiro atoms. The van der Waals surface area contributed by atoms with Crippen LogP contribution in [-0.2, 0) is 9.59 Å². The highest BCUT2D eigenvalue weighted by Crippen LogP contribution is 2.29. The summed E-state index contributed by atoms with van der Waals surface area (Å²) in [4.78, 5) is 25.3. The molecule has 24 heavy (non-hydrogen) atoms. The first-order chi connectivity index (χ1) is 11.4. The van der Waals surface area contributed by atoms with Crippen LogP contribution in [-0.4, -0.2) is 23.9 Å². The molecule has 0 saturated heterocycles. The van der Waals surface area contributed by atoms with Crippen LogP contribution in [0, 0.1) is 23.7 Å². The van der Waals surface area contributed by atoms with Crippen molar-refractivity contribution in [2.45, 2.75) is 91.1 Å². The maximum atomic E-state index is 12.8. The number of rotatable bonds is 5. The molecule has 2 fully saturated rings. The van der Waals surface area contributed by atoms with Crippen molar-refractivity contribution in [3.05, 3.63) is 0 Å².